The molecule has 0 radical (unpaired) electrons. The minimum atomic E-state index is -0.100. The number of furan rings is 1. The van der Waals surface area contributed by atoms with Gasteiger partial charge in [-0.3, -0.25) is 4.79 Å². The molecule has 3 nitrogen and oxygen atoms in total. The molecule has 1 aromatic heterocycles. The van der Waals surface area contributed by atoms with E-state index in [0.717, 1.165) is 4.47 Å². The summed E-state index contributed by atoms with van der Waals surface area (Å²) in [4.78, 5) is 11.9. The third kappa shape index (κ3) is 2.10. The Balaban J connectivity index is 2.42. The van der Waals surface area contributed by atoms with Gasteiger partial charge in [-0.15, -0.1) is 0 Å². The van der Waals surface area contributed by atoms with Crippen molar-refractivity contribution in [2.45, 2.75) is 0 Å². The Hall–Kier alpha value is -1.55. The Labute approximate surface area is 95.0 Å². The van der Waals surface area contributed by atoms with Crippen LogP contribution in [0.3, 0.4) is 0 Å². The lowest BCUT2D eigenvalue weighted by Crippen LogP contribution is -2.00. The average Bonchev–Trinajstić information content (AvgIpc) is 2.67. The zero-order chi connectivity index (χ0) is 10.8. The number of rotatable bonds is 2. The summed E-state index contributed by atoms with van der Waals surface area (Å²) in [6, 6.07) is 6.73. The smallest absolute Gasteiger partial charge is 0.196 e. The fraction of sp³-hybridized carbons (Fsp3) is 0. The number of benzene rings is 1. The molecule has 0 aliphatic carbocycles. The van der Waals surface area contributed by atoms with Crippen LogP contribution in [0.4, 0.5) is 5.69 Å². The van der Waals surface area contributed by atoms with Crippen LogP contribution in [0.15, 0.2) is 45.7 Å². The first-order valence-corrected chi connectivity index (χ1v) is 5.09. The van der Waals surface area contributed by atoms with Crippen molar-refractivity contribution >= 4 is 27.4 Å². The van der Waals surface area contributed by atoms with Gasteiger partial charge in [0.15, 0.2) is 5.78 Å². The molecule has 0 amide bonds. The highest BCUT2D eigenvalue weighted by Gasteiger charge is 2.11. The quantitative estimate of drug-likeness (QED) is 0.671. The second-order valence-corrected chi connectivity index (χ2v) is 4.03. The summed E-state index contributed by atoms with van der Waals surface area (Å²) in [7, 11) is 0. The Bertz CT molecular complexity index is 471. The number of halogens is 1. The van der Waals surface area contributed by atoms with Crippen LogP contribution in [0.1, 0.15) is 15.9 Å². The number of anilines is 1. The van der Waals surface area contributed by atoms with Crippen molar-refractivity contribution in [3.8, 4) is 0 Å². The molecule has 2 N–H and O–H groups in total. The highest BCUT2D eigenvalue weighted by atomic mass is 79.9. The number of hydrogen-bond donors (Lipinski definition) is 1. The topological polar surface area (TPSA) is 56.2 Å². The van der Waals surface area contributed by atoms with Gasteiger partial charge in [0.1, 0.15) is 6.26 Å². The fourth-order valence-electron chi connectivity index (χ4n) is 1.30. The van der Waals surface area contributed by atoms with E-state index in [4.69, 9.17) is 10.2 Å². The summed E-state index contributed by atoms with van der Waals surface area (Å²) < 4.78 is 5.64. The van der Waals surface area contributed by atoms with Crippen LogP contribution in [-0.4, -0.2) is 5.78 Å². The van der Waals surface area contributed by atoms with E-state index in [9.17, 15) is 4.79 Å². The summed E-state index contributed by atoms with van der Waals surface area (Å²) >= 11 is 3.29. The Morgan fingerprint density at radius 2 is 2.07 bits per heavy atom. The van der Waals surface area contributed by atoms with Crippen LogP contribution >= 0.6 is 15.9 Å². The number of nitrogens with two attached hydrogens (primary N) is 1. The zero-order valence-electron chi connectivity index (χ0n) is 7.74. The molecule has 15 heavy (non-hydrogen) atoms. The third-order valence-electron chi connectivity index (χ3n) is 1.97. The van der Waals surface area contributed by atoms with E-state index in [1.54, 1.807) is 24.3 Å². The zero-order valence-corrected chi connectivity index (χ0v) is 9.32. The molecule has 0 saturated heterocycles. The maximum atomic E-state index is 11.9. The van der Waals surface area contributed by atoms with Crippen molar-refractivity contribution in [3.63, 3.8) is 0 Å². The molecule has 0 aliphatic heterocycles. The van der Waals surface area contributed by atoms with Gasteiger partial charge in [0, 0.05) is 15.7 Å². The third-order valence-corrected chi connectivity index (χ3v) is 2.42. The maximum Gasteiger partial charge on any atom is 0.196 e. The first kappa shape index (κ1) is 9.98. The van der Waals surface area contributed by atoms with Crippen molar-refractivity contribution in [2.75, 3.05) is 5.73 Å². The van der Waals surface area contributed by atoms with E-state index in [-0.39, 0.29) is 5.78 Å². The van der Waals surface area contributed by atoms with E-state index in [2.05, 4.69) is 15.9 Å². The van der Waals surface area contributed by atoms with Crippen LogP contribution < -0.4 is 5.73 Å². The maximum absolute atomic E-state index is 11.9. The Morgan fingerprint density at radius 1 is 1.27 bits per heavy atom. The summed E-state index contributed by atoms with van der Waals surface area (Å²) in [6.45, 7) is 0. The van der Waals surface area contributed by atoms with E-state index in [1.807, 2.05) is 0 Å². The molecule has 0 fully saturated rings. The lowest BCUT2D eigenvalue weighted by Gasteiger charge is -2.01. The first-order valence-electron chi connectivity index (χ1n) is 4.30. The SMILES string of the molecule is Nc1cc(Br)cc(C(=O)c2ccoc2)c1. The first-order chi connectivity index (χ1) is 7.16. The number of ketones is 1. The number of carbonyl (C=O) groups excluding carboxylic acids is 1. The van der Waals surface area contributed by atoms with Gasteiger partial charge in [-0.25, -0.2) is 0 Å². The predicted octanol–water partition coefficient (Wildman–Crippen LogP) is 2.86. The van der Waals surface area contributed by atoms with E-state index in [0.29, 0.717) is 16.8 Å². The fourth-order valence-corrected chi connectivity index (χ4v) is 1.81. The van der Waals surface area contributed by atoms with Gasteiger partial charge < -0.3 is 10.2 Å². The second-order valence-electron chi connectivity index (χ2n) is 3.11. The molecule has 0 saturated carbocycles. The monoisotopic (exact) mass is 265 g/mol. The average molecular weight is 266 g/mol. The van der Waals surface area contributed by atoms with Crippen molar-refractivity contribution < 1.29 is 9.21 Å². The van der Waals surface area contributed by atoms with Crippen LogP contribution in [0.5, 0.6) is 0 Å². The predicted molar refractivity (Wildman–Crippen MR) is 60.7 cm³/mol. The molecule has 0 unspecified atom stereocenters. The van der Waals surface area contributed by atoms with Gasteiger partial charge in [0.25, 0.3) is 0 Å². The van der Waals surface area contributed by atoms with E-state index in [1.165, 1.54) is 12.5 Å². The summed E-state index contributed by atoms with van der Waals surface area (Å²) in [5.41, 5.74) is 7.26. The molecule has 2 rings (SSSR count). The van der Waals surface area contributed by atoms with Gasteiger partial charge in [-0.2, -0.15) is 0 Å². The molecule has 4 heteroatoms. The molecule has 2 aromatic rings. The lowest BCUT2D eigenvalue weighted by atomic mass is 10.1. The highest BCUT2D eigenvalue weighted by molar-refractivity contribution is 9.10. The summed E-state index contributed by atoms with van der Waals surface area (Å²) in [5.74, 6) is -0.100. The van der Waals surface area contributed by atoms with Crippen LogP contribution in [0.25, 0.3) is 0 Å². The van der Waals surface area contributed by atoms with E-state index < -0.39 is 0 Å². The van der Waals surface area contributed by atoms with Crippen LogP contribution in [-0.2, 0) is 0 Å². The van der Waals surface area contributed by atoms with Crippen LogP contribution in [0.2, 0.25) is 0 Å². The largest absolute Gasteiger partial charge is 0.472 e. The highest BCUT2D eigenvalue weighted by Crippen LogP contribution is 2.19. The molecule has 1 aromatic carbocycles. The number of hydrogen-bond acceptors (Lipinski definition) is 3. The molecular weight excluding hydrogens is 258 g/mol. The molecule has 76 valence electrons. The normalized spacial score (nSPS) is 10.2. The minimum Gasteiger partial charge on any atom is -0.472 e. The molecule has 0 aliphatic rings. The molecule has 0 atom stereocenters. The lowest BCUT2D eigenvalue weighted by molar-refractivity contribution is 0.103. The van der Waals surface area contributed by atoms with Crippen molar-refractivity contribution in [3.05, 3.63) is 52.4 Å². The van der Waals surface area contributed by atoms with Gasteiger partial charge in [-0.05, 0) is 24.3 Å². The van der Waals surface area contributed by atoms with Crippen molar-refractivity contribution in [1.29, 1.82) is 0 Å². The Morgan fingerprint density at radius 3 is 2.67 bits per heavy atom. The standard InChI is InChI=1S/C11H8BrNO2/c12-9-3-8(4-10(13)5-9)11(14)7-1-2-15-6-7/h1-6H,13H2. The summed E-state index contributed by atoms with van der Waals surface area (Å²) in [6.07, 6.45) is 2.88. The van der Waals surface area contributed by atoms with Gasteiger partial charge >= 0.3 is 0 Å². The molecule has 0 bridgehead atoms. The summed E-state index contributed by atoms with van der Waals surface area (Å²) in [5, 5.41) is 0. The van der Waals surface area contributed by atoms with Crippen molar-refractivity contribution in [2.24, 2.45) is 0 Å². The minimum absolute atomic E-state index is 0.100. The van der Waals surface area contributed by atoms with E-state index >= 15 is 0 Å². The Kier molecular flexibility index (Phi) is 2.60. The van der Waals surface area contributed by atoms with Crippen molar-refractivity contribution in [1.82, 2.24) is 0 Å². The van der Waals surface area contributed by atoms with Crippen LogP contribution in [0, 0.1) is 0 Å². The molecular formula is C11H8BrNO2. The molecule has 1 heterocycles. The van der Waals surface area contributed by atoms with Gasteiger partial charge in [-0.1, -0.05) is 15.9 Å². The second kappa shape index (κ2) is 3.90. The van der Waals surface area contributed by atoms with Gasteiger partial charge in [0.2, 0.25) is 0 Å². The van der Waals surface area contributed by atoms with Gasteiger partial charge in [0.05, 0.1) is 11.8 Å². The number of nitrogen functional groups attached to an aromatic ring is 1. The number of carbonyl (C=O) groups is 1. The molecule has 0 spiro atoms.